The molecule has 1 N–H and O–H groups in total. The number of amides is 1. The van der Waals surface area contributed by atoms with E-state index in [0.717, 1.165) is 36.5 Å². The Kier molecular flexibility index (Phi) is 3.83. The van der Waals surface area contributed by atoms with Crippen LogP contribution in [0.3, 0.4) is 0 Å². The van der Waals surface area contributed by atoms with Crippen LogP contribution in [-0.2, 0) is 13.0 Å². The summed E-state index contributed by atoms with van der Waals surface area (Å²) in [5, 5.41) is 6.88. The molecule has 0 radical (unpaired) electrons. The number of carbonyl (C=O) groups excluding carboxylic acids is 1. The van der Waals surface area contributed by atoms with Crippen molar-refractivity contribution >= 4 is 5.91 Å². The average Bonchev–Trinajstić information content (AvgIpc) is 3.19. The fraction of sp³-hybridized carbons (Fsp3) is 0.333. The van der Waals surface area contributed by atoms with Crippen molar-refractivity contribution in [2.45, 2.75) is 39.3 Å². The second-order valence-corrected chi connectivity index (χ2v) is 6.38. The van der Waals surface area contributed by atoms with Gasteiger partial charge in [0.15, 0.2) is 5.82 Å². The second-order valence-electron chi connectivity index (χ2n) is 6.38. The van der Waals surface area contributed by atoms with E-state index in [1.165, 1.54) is 0 Å². The molecule has 0 saturated carbocycles. The van der Waals surface area contributed by atoms with E-state index in [1.54, 1.807) is 19.1 Å². The van der Waals surface area contributed by atoms with Gasteiger partial charge in [-0.3, -0.25) is 4.79 Å². The lowest BCUT2D eigenvalue weighted by molar-refractivity contribution is 0.0927. The molecular formula is C18H19N5O2. The molecule has 128 valence electrons. The Balaban J connectivity index is 1.43. The maximum atomic E-state index is 12.5. The molecule has 0 fully saturated rings. The molecule has 7 heteroatoms. The largest absolute Gasteiger partial charge is 0.347 e. The summed E-state index contributed by atoms with van der Waals surface area (Å²) >= 11 is 0. The number of nitrogens with zero attached hydrogens (tertiary/aromatic N) is 4. The molecule has 7 nitrogen and oxygen atoms in total. The molecule has 1 aliphatic rings. The predicted molar refractivity (Wildman–Crippen MR) is 91.0 cm³/mol. The minimum atomic E-state index is -0.0708. The lowest BCUT2D eigenvalue weighted by Gasteiger charge is -2.24. The van der Waals surface area contributed by atoms with Crippen molar-refractivity contribution < 1.29 is 9.32 Å². The molecule has 2 aromatic heterocycles. The first-order valence-corrected chi connectivity index (χ1v) is 8.33. The first-order valence-electron chi connectivity index (χ1n) is 8.33. The Labute approximate surface area is 145 Å². The van der Waals surface area contributed by atoms with Crippen LogP contribution < -0.4 is 5.32 Å². The lowest BCUT2D eigenvalue weighted by atomic mass is 10.1. The molecule has 4 rings (SSSR count). The highest BCUT2D eigenvalue weighted by Gasteiger charge is 2.21. The molecule has 0 saturated heterocycles. The summed E-state index contributed by atoms with van der Waals surface area (Å²) < 4.78 is 7.27. The molecular weight excluding hydrogens is 318 g/mol. The molecule has 3 aromatic rings. The van der Waals surface area contributed by atoms with Gasteiger partial charge in [-0.25, -0.2) is 4.98 Å². The van der Waals surface area contributed by atoms with Gasteiger partial charge in [-0.05, 0) is 44.5 Å². The minimum Gasteiger partial charge on any atom is -0.347 e. The molecule has 0 unspecified atom stereocenters. The Morgan fingerprint density at radius 2 is 2.04 bits per heavy atom. The third-order valence-electron chi connectivity index (χ3n) is 4.37. The number of benzene rings is 1. The average molecular weight is 337 g/mol. The molecule has 1 atom stereocenters. The molecule has 1 amide bonds. The number of aromatic nitrogens is 4. The summed E-state index contributed by atoms with van der Waals surface area (Å²) in [6, 6.07) is 7.31. The van der Waals surface area contributed by atoms with Crippen LogP contribution in [0, 0.1) is 13.8 Å². The number of fused-ring (bicyclic) bond motifs is 1. The van der Waals surface area contributed by atoms with E-state index >= 15 is 0 Å². The molecule has 0 aliphatic carbocycles. The number of aryl methyl sites for hydroxylation is 3. The molecule has 25 heavy (non-hydrogen) atoms. The van der Waals surface area contributed by atoms with Crippen molar-refractivity contribution in [3.05, 3.63) is 53.4 Å². The molecule has 0 spiro atoms. The molecule has 1 aromatic carbocycles. The maximum Gasteiger partial charge on any atom is 0.257 e. The summed E-state index contributed by atoms with van der Waals surface area (Å²) in [7, 11) is 0. The van der Waals surface area contributed by atoms with Crippen LogP contribution in [0.25, 0.3) is 11.5 Å². The van der Waals surface area contributed by atoms with Gasteiger partial charge in [0.05, 0.1) is 5.69 Å². The molecule has 0 bridgehead atoms. The number of hydrogen-bond acceptors (Lipinski definition) is 5. The SMILES string of the molecule is Cc1cn2c(n1)CC[C@H](NC(=O)c1ccc(-c3nc(C)no3)cc1)C2. The van der Waals surface area contributed by atoms with Crippen molar-refractivity contribution in [1.82, 2.24) is 25.0 Å². The van der Waals surface area contributed by atoms with Gasteiger partial charge in [0, 0.05) is 36.3 Å². The molecule has 3 heterocycles. The number of carbonyl (C=O) groups is 1. The van der Waals surface area contributed by atoms with Gasteiger partial charge in [0.25, 0.3) is 11.8 Å². The van der Waals surface area contributed by atoms with Gasteiger partial charge in [0.1, 0.15) is 5.82 Å². The van der Waals surface area contributed by atoms with Gasteiger partial charge >= 0.3 is 0 Å². The van der Waals surface area contributed by atoms with Gasteiger partial charge in [-0.2, -0.15) is 4.98 Å². The zero-order chi connectivity index (χ0) is 17.4. The van der Waals surface area contributed by atoms with Gasteiger partial charge in [0.2, 0.25) is 0 Å². The van der Waals surface area contributed by atoms with E-state index < -0.39 is 0 Å². The van der Waals surface area contributed by atoms with Gasteiger partial charge in [-0.15, -0.1) is 0 Å². The Hall–Kier alpha value is -2.96. The zero-order valence-corrected chi connectivity index (χ0v) is 14.2. The van der Waals surface area contributed by atoms with Crippen LogP contribution in [-0.4, -0.2) is 31.6 Å². The third kappa shape index (κ3) is 3.17. The second kappa shape index (κ2) is 6.16. The van der Waals surface area contributed by atoms with Crippen molar-refractivity contribution in [3.63, 3.8) is 0 Å². The summed E-state index contributed by atoms with van der Waals surface area (Å²) in [5.74, 6) is 2.07. The highest BCUT2D eigenvalue weighted by Crippen LogP contribution is 2.19. The highest BCUT2D eigenvalue weighted by atomic mass is 16.5. The highest BCUT2D eigenvalue weighted by molar-refractivity contribution is 5.94. The van der Waals surface area contributed by atoms with E-state index in [4.69, 9.17) is 4.52 Å². The van der Waals surface area contributed by atoms with Crippen molar-refractivity contribution in [2.75, 3.05) is 0 Å². The Bertz CT molecular complexity index is 910. The number of rotatable bonds is 3. The predicted octanol–water partition coefficient (Wildman–Crippen LogP) is 2.29. The van der Waals surface area contributed by atoms with Crippen LogP contribution in [0.1, 0.15) is 34.1 Å². The van der Waals surface area contributed by atoms with E-state index in [2.05, 4.69) is 25.0 Å². The van der Waals surface area contributed by atoms with Gasteiger partial charge in [-0.1, -0.05) is 5.16 Å². The van der Waals surface area contributed by atoms with Crippen LogP contribution in [0.15, 0.2) is 35.0 Å². The summed E-state index contributed by atoms with van der Waals surface area (Å²) in [4.78, 5) is 21.2. The monoisotopic (exact) mass is 337 g/mol. The smallest absolute Gasteiger partial charge is 0.257 e. The van der Waals surface area contributed by atoms with E-state index in [1.807, 2.05) is 25.3 Å². The number of hydrogen-bond donors (Lipinski definition) is 1. The zero-order valence-electron chi connectivity index (χ0n) is 14.2. The van der Waals surface area contributed by atoms with Crippen LogP contribution in [0.2, 0.25) is 0 Å². The quantitative estimate of drug-likeness (QED) is 0.792. The maximum absolute atomic E-state index is 12.5. The first-order chi connectivity index (χ1) is 12.1. The first kappa shape index (κ1) is 15.6. The summed E-state index contributed by atoms with van der Waals surface area (Å²) in [5.41, 5.74) is 2.44. The van der Waals surface area contributed by atoms with E-state index in [9.17, 15) is 4.79 Å². The Morgan fingerprint density at radius 3 is 2.76 bits per heavy atom. The lowest BCUT2D eigenvalue weighted by Crippen LogP contribution is -2.40. The number of imidazole rings is 1. The molecule has 1 aliphatic heterocycles. The number of nitrogens with one attached hydrogen (secondary N) is 1. The van der Waals surface area contributed by atoms with Gasteiger partial charge < -0.3 is 14.4 Å². The van der Waals surface area contributed by atoms with Crippen molar-refractivity contribution in [3.8, 4) is 11.5 Å². The Morgan fingerprint density at radius 1 is 1.24 bits per heavy atom. The summed E-state index contributed by atoms with van der Waals surface area (Å²) in [6.45, 7) is 4.53. The minimum absolute atomic E-state index is 0.0708. The van der Waals surface area contributed by atoms with E-state index in [0.29, 0.717) is 17.3 Å². The summed E-state index contributed by atoms with van der Waals surface area (Å²) in [6.07, 6.45) is 3.82. The van der Waals surface area contributed by atoms with Crippen molar-refractivity contribution in [2.24, 2.45) is 0 Å². The normalized spacial score (nSPS) is 16.5. The van der Waals surface area contributed by atoms with Crippen LogP contribution >= 0.6 is 0 Å². The van der Waals surface area contributed by atoms with Crippen molar-refractivity contribution in [1.29, 1.82) is 0 Å². The third-order valence-corrected chi connectivity index (χ3v) is 4.37. The van der Waals surface area contributed by atoms with E-state index in [-0.39, 0.29) is 11.9 Å². The standard InChI is InChI=1S/C18H19N5O2/c1-11-9-23-10-15(7-8-16(23)19-11)21-17(24)13-3-5-14(6-4-13)18-20-12(2)22-25-18/h3-6,9,15H,7-8,10H2,1-2H3,(H,21,24)/t15-/m0/s1. The fourth-order valence-corrected chi connectivity index (χ4v) is 3.15. The van der Waals surface area contributed by atoms with Crippen LogP contribution in [0.5, 0.6) is 0 Å². The fourth-order valence-electron chi connectivity index (χ4n) is 3.15. The van der Waals surface area contributed by atoms with Crippen LogP contribution in [0.4, 0.5) is 0 Å². The topological polar surface area (TPSA) is 85.8 Å².